The molecule has 2 atom stereocenters. The van der Waals surface area contributed by atoms with Gasteiger partial charge in [0.05, 0.1) is 21.3 Å². The predicted octanol–water partition coefficient (Wildman–Crippen LogP) is 3.09. The van der Waals surface area contributed by atoms with Crippen LogP contribution in [-0.2, 0) is 5.60 Å². The zero-order chi connectivity index (χ0) is 18.6. The van der Waals surface area contributed by atoms with Crippen LogP contribution >= 0.6 is 0 Å². The van der Waals surface area contributed by atoms with E-state index in [1.165, 1.54) is 0 Å². The third kappa shape index (κ3) is 3.24. The smallest absolute Gasteiger partial charge is 0.203 e. The van der Waals surface area contributed by atoms with Gasteiger partial charge >= 0.3 is 0 Å². The van der Waals surface area contributed by atoms with Crippen molar-refractivity contribution in [3.63, 3.8) is 0 Å². The normalized spacial score (nSPS) is 19.5. The zero-order valence-electron chi connectivity index (χ0n) is 15.6. The largest absolute Gasteiger partial charge is 0.493 e. The summed E-state index contributed by atoms with van der Waals surface area (Å²) in [6, 6.07) is 13.3. The van der Waals surface area contributed by atoms with Crippen molar-refractivity contribution in [3.05, 3.63) is 53.6 Å². The molecule has 2 aromatic carbocycles. The molecule has 0 unspecified atom stereocenters. The van der Waals surface area contributed by atoms with E-state index in [0.29, 0.717) is 17.2 Å². The second kappa shape index (κ2) is 7.98. The molecule has 5 nitrogen and oxygen atoms in total. The maximum absolute atomic E-state index is 12.0. The molecule has 0 bridgehead atoms. The summed E-state index contributed by atoms with van der Waals surface area (Å²) in [5.41, 5.74) is 0.361. The molecule has 0 spiro atoms. The number of hydrogen-bond acceptors (Lipinski definition) is 5. The van der Waals surface area contributed by atoms with E-state index < -0.39 is 5.60 Å². The lowest BCUT2D eigenvalue weighted by molar-refractivity contribution is 0.0264. The van der Waals surface area contributed by atoms with Crippen molar-refractivity contribution in [1.82, 2.24) is 5.32 Å². The van der Waals surface area contributed by atoms with Crippen molar-refractivity contribution in [1.29, 1.82) is 0 Å². The molecule has 1 aliphatic heterocycles. The molecule has 0 aliphatic carbocycles. The SMILES string of the molecule is COc1cc([C@](O)(c2ccccc2)[C@H]2CCCCN2)cc(OC)c1OC. The lowest BCUT2D eigenvalue weighted by atomic mass is 9.77. The Balaban J connectivity index is 2.19. The van der Waals surface area contributed by atoms with E-state index in [-0.39, 0.29) is 6.04 Å². The Morgan fingerprint density at radius 3 is 2.08 bits per heavy atom. The van der Waals surface area contributed by atoms with Gasteiger partial charge < -0.3 is 24.6 Å². The average Bonchev–Trinajstić information content (AvgIpc) is 2.73. The number of rotatable bonds is 6. The molecule has 3 rings (SSSR count). The highest BCUT2D eigenvalue weighted by Gasteiger charge is 2.41. The first kappa shape index (κ1) is 18.5. The van der Waals surface area contributed by atoms with Crippen molar-refractivity contribution >= 4 is 0 Å². The fourth-order valence-electron chi connectivity index (χ4n) is 3.77. The Morgan fingerprint density at radius 1 is 0.923 bits per heavy atom. The number of piperidine rings is 1. The van der Waals surface area contributed by atoms with Crippen molar-refractivity contribution in [2.75, 3.05) is 27.9 Å². The monoisotopic (exact) mass is 357 g/mol. The van der Waals surface area contributed by atoms with Crippen LogP contribution < -0.4 is 19.5 Å². The van der Waals surface area contributed by atoms with Crippen molar-refractivity contribution in [2.45, 2.75) is 30.9 Å². The van der Waals surface area contributed by atoms with Gasteiger partial charge in [-0.3, -0.25) is 0 Å². The van der Waals surface area contributed by atoms with Crippen LogP contribution in [0.3, 0.4) is 0 Å². The topological polar surface area (TPSA) is 60.0 Å². The summed E-state index contributed by atoms with van der Waals surface area (Å²) in [4.78, 5) is 0. The Hall–Kier alpha value is -2.24. The average molecular weight is 357 g/mol. The molecule has 1 saturated heterocycles. The van der Waals surface area contributed by atoms with E-state index >= 15 is 0 Å². The van der Waals surface area contributed by atoms with Crippen LogP contribution in [0.4, 0.5) is 0 Å². The first-order valence-electron chi connectivity index (χ1n) is 8.97. The molecule has 0 aromatic heterocycles. The zero-order valence-corrected chi connectivity index (χ0v) is 15.6. The van der Waals surface area contributed by atoms with Gasteiger partial charge in [0.25, 0.3) is 0 Å². The number of methoxy groups -OCH3 is 3. The molecule has 2 N–H and O–H groups in total. The quantitative estimate of drug-likeness (QED) is 0.832. The van der Waals surface area contributed by atoms with Crippen molar-refractivity contribution < 1.29 is 19.3 Å². The lowest BCUT2D eigenvalue weighted by Crippen LogP contribution is -2.51. The van der Waals surface area contributed by atoms with Gasteiger partial charge in [0.15, 0.2) is 11.5 Å². The van der Waals surface area contributed by atoms with E-state index in [4.69, 9.17) is 14.2 Å². The second-order valence-electron chi connectivity index (χ2n) is 6.55. The maximum Gasteiger partial charge on any atom is 0.203 e. The molecule has 5 heteroatoms. The summed E-state index contributed by atoms with van der Waals surface area (Å²) in [7, 11) is 4.75. The minimum atomic E-state index is -1.20. The number of ether oxygens (including phenoxy) is 3. The van der Waals surface area contributed by atoms with E-state index in [0.717, 1.165) is 36.9 Å². The van der Waals surface area contributed by atoms with E-state index in [1.54, 1.807) is 21.3 Å². The fourth-order valence-corrected chi connectivity index (χ4v) is 3.77. The van der Waals surface area contributed by atoms with Crippen LogP contribution in [0.5, 0.6) is 17.2 Å². The molecule has 140 valence electrons. The Morgan fingerprint density at radius 2 is 1.58 bits per heavy atom. The predicted molar refractivity (Wildman–Crippen MR) is 101 cm³/mol. The summed E-state index contributed by atoms with van der Waals surface area (Å²) in [5.74, 6) is 1.59. The molecule has 26 heavy (non-hydrogen) atoms. The first-order chi connectivity index (χ1) is 12.6. The van der Waals surface area contributed by atoms with E-state index in [2.05, 4.69) is 5.32 Å². The Labute approximate surface area is 154 Å². The fraction of sp³-hybridized carbons (Fsp3) is 0.429. The molecule has 0 amide bonds. The van der Waals surface area contributed by atoms with Crippen LogP contribution in [0.1, 0.15) is 30.4 Å². The number of benzene rings is 2. The minimum absolute atomic E-state index is 0.0959. The third-order valence-corrected chi connectivity index (χ3v) is 5.13. The first-order valence-corrected chi connectivity index (χ1v) is 8.97. The number of hydrogen-bond donors (Lipinski definition) is 2. The Bertz CT molecular complexity index is 703. The van der Waals surface area contributed by atoms with Crippen molar-refractivity contribution in [2.24, 2.45) is 0 Å². The van der Waals surface area contributed by atoms with Gasteiger partial charge in [-0.05, 0) is 42.6 Å². The minimum Gasteiger partial charge on any atom is -0.493 e. The van der Waals surface area contributed by atoms with Crippen LogP contribution in [0.15, 0.2) is 42.5 Å². The van der Waals surface area contributed by atoms with Crippen LogP contribution in [0.25, 0.3) is 0 Å². The van der Waals surface area contributed by atoms with Gasteiger partial charge in [0.1, 0.15) is 5.60 Å². The lowest BCUT2D eigenvalue weighted by Gasteiger charge is -2.40. The molecular formula is C21H27NO4. The number of aliphatic hydroxyl groups is 1. The van der Waals surface area contributed by atoms with E-state index in [1.807, 2.05) is 42.5 Å². The molecule has 1 aliphatic rings. The maximum atomic E-state index is 12.0. The van der Waals surface area contributed by atoms with Gasteiger partial charge in [0.2, 0.25) is 5.75 Å². The second-order valence-corrected chi connectivity index (χ2v) is 6.55. The van der Waals surface area contributed by atoms with Gasteiger partial charge in [-0.15, -0.1) is 0 Å². The van der Waals surface area contributed by atoms with Crippen LogP contribution in [-0.4, -0.2) is 39.0 Å². The van der Waals surface area contributed by atoms with Gasteiger partial charge in [-0.2, -0.15) is 0 Å². The molecule has 0 saturated carbocycles. The highest BCUT2D eigenvalue weighted by molar-refractivity contribution is 5.56. The van der Waals surface area contributed by atoms with Gasteiger partial charge in [-0.25, -0.2) is 0 Å². The summed E-state index contributed by atoms with van der Waals surface area (Å²) in [6.45, 7) is 0.893. The molecule has 1 heterocycles. The van der Waals surface area contributed by atoms with E-state index in [9.17, 15) is 5.11 Å². The summed E-state index contributed by atoms with van der Waals surface area (Å²) in [6.07, 6.45) is 3.09. The van der Waals surface area contributed by atoms with Crippen molar-refractivity contribution in [3.8, 4) is 17.2 Å². The van der Waals surface area contributed by atoms with Gasteiger partial charge in [-0.1, -0.05) is 36.8 Å². The van der Waals surface area contributed by atoms with Crippen LogP contribution in [0, 0.1) is 0 Å². The van der Waals surface area contributed by atoms with Gasteiger partial charge in [0, 0.05) is 6.04 Å². The molecular weight excluding hydrogens is 330 g/mol. The standard InChI is InChI=1S/C21H27NO4/c1-24-17-13-16(14-18(25-2)20(17)26-3)21(23,15-9-5-4-6-10-15)19-11-7-8-12-22-19/h4-6,9-10,13-14,19,22-23H,7-8,11-12H2,1-3H3/t19-,21-/m1/s1. The highest BCUT2D eigenvalue weighted by Crippen LogP contribution is 2.44. The third-order valence-electron chi connectivity index (χ3n) is 5.13. The molecule has 0 radical (unpaired) electrons. The summed E-state index contributed by atoms with van der Waals surface area (Å²) in [5, 5.41) is 15.5. The highest BCUT2D eigenvalue weighted by atomic mass is 16.5. The molecule has 2 aromatic rings. The molecule has 1 fully saturated rings. The summed E-state index contributed by atoms with van der Waals surface area (Å²) >= 11 is 0. The number of nitrogens with one attached hydrogen (secondary N) is 1. The van der Waals surface area contributed by atoms with Crippen LogP contribution in [0.2, 0.25) is 0 Å². The summed E-state index contributed by atoms with van der Waals surface area (Å²) < 4.78 is 16.4. The Kier molecular flexibility index (Phi) is 5.69.